The van der Waals surface area contributed by atoms with Crippen LogP contribution < -0.4 is 0 Å². The van der Waals surface area contributed by atoms with E-state index in [0.717, 1.165) is 0 Å². The molecule has 0 amide bonds. The molecular weight excluding hydrogens is 432 g/mol. The summed E-state index contributed by atoms with van der Waals surface area (Å²) >= 11 is 0. The molecule has 0 fully saturated rings. The maximum absolute atomic E-state index is 2.18. The first-order chi connectivity index (χ1) is 17.9. The predicted molar refractivity (Wildman–Crippen MR) is 168 cm³/mol. The molecule has 4 aromatic rings. The van der Waals surface area contributed by atoms with Crippen LogP contribution in [0, 0.1) is 0 Å². The lowest BCUT2D eigenvalue weighted by Crippen LogP contribution is -1.80. The summed E-state index contributed by atoms with van der Waals surface area (Å²) in [6.45, 7) is 16.0. The van der Waals surface area contributed by atoms with E-state index in [1.165, 1.54) is 33.4 Å². The van der Waals surface area contributed by atoms with Crippen molar-refractivity contribution in [2.24, 2.45) is 0 Å². The second-order valence-electron chi connectivity index (χ2n) is 6.73. The van der Waals surface area contributed by atoms with Gasteiger partial charge in [0.15, 0.2) is 0 Å². The molecule has 0 aromatic heterocycles. The van der Waals surface area contributed by atoms with E-state index < -0.39 is 0 Å². The van der Waals surface area contributed by atoms with E-state index in [9.17, 15) is 0 Å². The minimum Gasteiger partial charge on any atom is -0.0683 e. The Balaban J connectivity index is 0.00000140. The number of benzene rings is 4. The van der Waals surface area contributed by atoms with Gasteiger partial charge in [-0.3, -0.25) is 0 Å². The third-order valence-electron chi connectivity index (χ3n) is 4.69. The van der Waals surface area contributed by atoms with Crippen LogP contribution in [0.15, 0.2) is 109 Å². The van der Waals surface area contributed by atoms with Crippen molar-refractivity contribution in [2.75, 3.05) is 0 Å². The third-order valence-corrected chi connectivity index (χ3v) is 4.69. The molecule has 0 aliphatic heterocycles. The molecule has 0 atom stereocenters. The second kappa shape index (κ2) is 21.9. The molecule has 0 unspecified atom stereocenters. The van der Waals surface area contributed by atoms with E-state index in [1.54, 1.807) is 0 Å². The summed E-state index contributed by atoms with van der Waals surface area (Å²) in [5, 5.41) is 0. The van der Waals surface area contributed by atoms with Crippen molar-refractivity contribution in [2.45, 2.75) is 55.4 Å². The van der Waals surface area contributed by atoms with Gasteiger partial charge in [-0.1, -0.05) is 189 Å². The van der Waals surface area contributed by atoms with Crippen LogP contribution in [0.2, 0.25) is 0 Å². The van der Waals surface area contributed by atoms with E-state index in [1.807, 2.05) is 67.5 Å². The summed E-state index contributed by atoms with van der Waals surface area (Å²) in [5.74, 6) is 0. The lowest BCUT2D eigenvalue weighted by Gasteiger charge is -2.03. The molecule has 4 aromatic carbocycles. The highest BCUT2D eigenvalue weighted by atomic mass is 14.0. The third kappa shape index (κ3) is 12.2. The summed E-state index contributed by atoms with van der Waals surface area (Å²) < 4.78 is 0. The van der Waals surface area contributed by atoms with Crippen molar-refractivity contribution < 1.29 is 0 Å². The van der Waals surface area contributed by atoms with Gasteiger partial charge in [0, 0.05) is 0 Å². The van der Waals surface area contributed by atoms with Gasteiger partial charge in [-0.15, -0.1) is 0 Å². The Labute approximate surface area is 222 Å². The predicted octanol–water partition coefficient (Wildman–Crippen LogP) is 11.8. The molecule has 190 valence electrons. The second-order valence-corrected chi connectivity index (χ2v) is 6.73. The molecule has 0 heterocycles. The van der Waals surface area contributed by atoms with Gasteiger partial charge in [0.25, 0.3) is 0 Å². The number of rotatable bonds is 5. The van der Waals surface area contributed by atoms with E-state index in [4.69, 9.17) is 0 Å². The summed E-state index contributed by atoms with van der Waals surface area (Å²) in [5.41, 5.74) is 7.30. The van der Waals surface area contributed by atoms with E-state index in [2.05, 4.69) is 121 Å². The Morgan fingerprint density at radius 3 is 0.750 bits per heavy atom. The fourth-order valence-electron chi connectivity index (χ4n) is 3.09. The van der Waals surface area contributed by atoms with Gasteiger partial charge in [0.1, 0.15) is 0 Å². The van der Waals surface area contributed by atoms with Gasteiger partial charge in [-0.2, -0.15) is 0 Å². The van der Waals surface area contributed by atoms with E-state index >= 15 is 0 Å². The molecule has 4 rings (SSSR count). The molecule has 0 saturated carbocycles. The highest BCUT2D eigenvalue weighted by molar-refractivity contribution is 5.74. The monoisotopic (exact) mass is 478 g/mol. The fraction of sp³-hybridized carbons (Fsp3) is 0.222. The molecule has 0 saturated heterocycles. The van der Waals surface area contributed by atoms with Gasteiger partial charge in [-0.25, -0.2) is 0 Å². The van der Waals surface area contributed by atoms with Crippen molar-refractivity contribution >= 4 is 24.3 Å². The van der Waals surface area contributed by atoms with Crippen molar-refractivity contribution in [1.82, 2.24) is 0 Å². The summed E-state index contributed by atoms with van der Waals surface area (Å²) in [6, 6.07) is 38.1. The molecule has 36 heavy (non-hydrogen) atoms. The fourth-order valence-corrected chi connectivity index (χ4v) is 3.09. The van der Waals surface area contributed by atoms with E-state index in [0.29, 0.717) is 0 Å². The molecule has 0 aliphatic rings. The SMILES string of the molecule is C(=C\c1ccc(-c2ccc(/C=C/c3ccccc3)cc2)cc1)/c1ccccc1.CC.CC.CC.CC. The standard InChI is InChI=1S/C28H22.4C2H6/c1-3-7-23(8-4-1)11-13-25-15-19-27(20-16-25)28-21-17-26(18-22-28)14-12-24-9-5-2-6-10-24;4*1-2/h1-22H;4*1-2H3/b13-11+,14-12+;;;;. The van der Waals surface area contributed by atoms with Gasteiger partial charge >= 0.3 is 0 Å². The molecular formula is C36H46. The van der Waals surface area contributed by atoms with Crippen LogP contribution in [0.25, 0.3) is 35.4 Å². The quantitative estimate of drug-likeness (QED) is 0.250. The van der Waals surface area contributed by atoms with Gasteiger partial charge in [0.2, 0.25) is 0 Å². The lowest BCUT2D eigenvalue weighted by atomic mass is 10.0. The Kier molecular flexibility index (Phi) is 19.7. The maximum Gasteiger partial charge on any atom is -0.0184 e. The first kappa shape index (κ1) is 32.4. The van der Waals surface area contributed by atoms with Crippen LogP contribution in [0.3, 0.4) is 0 Å². The van der Waals surface area contributed by atoms with Gasteiger partial charge in [0.05, 0.1) is 0 Å². The average molecular weight is 479 g/mol. The van der Waals surface area contributed by atoms with Gasteiger partial charge < -0.3 is 0 Å². The van der Waals surface area contributed by atoms with Crippen molar-refractivity contribution in [1.29, 1.82) is 0 Å². The Bertz CT molecular complexity index is 961. The van der Waals surface area contributed by atoms with Crippen molar-refractivity contribution in [3.8, 4) is 11.1 Å². The average Bonchev–Trinajstić information content (AvgIpc) is 3.01. The van der Waals surface area contributed by atoms with Crippen LogP contribution in [0.1, 0.15) is 77.6 Å². The number of hydrogen-bond acceptors (Lipinski definition) is 0. The zero-order valence-corrected chi connectivity index (χ0v) is 23.7. The van der Waals surface area contributed by atoms with Crippen LogP contribution in [0.5, 0.6) is 0 Å². The summed E-state index contributed by atoms with van der Waals surface area (Å²) in [7, 11) is 0. The first-order valence-corrected chi connectivity index (χ1v) is 13.5. The molecule has 0 spiro atoms. The summed E-state index contributed by atoms with van der Waals surface area (Å²) in [6.07, 6.45) is 8.58. The van der Waals surface area contributed by atoms with Crippen molar-refractivity contribution in [3.05, 3.63) is 131 Å². The molecule has 0 heteroatoms. The topological polar surface area (TPSA) is 0 Å². The summed E-state index contributed by atoms with van der Waals surface area (Å²) in [4.78, 5) is 0. The lowest BCUT2D eigenvalue weighted by molar-refractivity contribution is 1.50. The number of hydrogen-bond donors (Lipinski definition) is 0. The van der Waals surface area contributed by atoms with Crippen LogP contribution in [0.4, 0.5) is 0 Å². The van der Waals surface area contributed by atoms with Crippen LogP contribution >= 0.6 is 0 Å². The molecule has 0 N–H and O–H groups in total. The van der Waals surface area contributed by atoms with Gasteiger partial charge in [-0.05, 0) is 33.4 Å². The minimum absolute atomic E-state index is 1.20. The normalized spacial score (nSPS) is 9.44. The molecule has 0 bridgehead atoms. The Hall–Kier alpha value is -3.64. The van der Waals surface area contributed by atoms with Crippen LogP contribution in [-0.4, -0.2) is 0 Å². The van der Waals surface area contributed by atoms with Crippen molar-refractivity contribution in [3.63, 3.8) is 0 Å². The Morgan fingerprint density at radius 1 is 0.278 bits per heavy atom. The smallest absolute Gasteiger partial charge is 0.0184 e. The zero-order chi connectivity index (χ0) is 27.0. The Morgan fingerprint density at radius 2 is 0.500 bits per heavy atom. The van der Waals surface area contributed by atoms with Crippen LogP contribution in [-0.2, 0) is 0 Å². The molecule has 0 nitrogen and oxygen atoms in total. The van der Waals surface area contributed by atoms with E-state index in [-0.39, 0.29) is 0 Å². The molecule has 0 radical (unpaired) electrons. The zero-order valence-electron chi connectivity index (χ0n) is 23.7. The maximum atomic E-state index is 2.18. The highest BCUT2D eigenvalue weighted by Crippen LogP contribution is 2.22. The highest BCUT2D eigenvalue weighted by Gasteiger charge is 1.98. The minimum atomic E-state index is 1.20. The first-order valence-electron chi connectivity index (χ1n) is 13.5. The largest absolute Gasteiger partial charge is 0.0683 e. The molecule has 0 aliphatic carbocycles.